The number of halogens is 2. The minimum absolute atomic E-state index is 0.0508. The van der Waals surface area contributed by atoms with E-state index in [1.807, 2.05) is 43.9 Å². The fraction of sp³-hybridized carbons (Fsp3) is 0.455. The number of amides is 2. The van der Waals surface area contributed by atoms with Crippen LogP contribution in [0.2, 0.25) is 0 Å². The van der Waals surface area contributed by atoms with Crippen LogP contribution in [0.1, 0.15) is 63.6 Å². The Hall–Kier alpha value is -2.90. The molecule has 0 saturated carbocycles. The standard InChI is InChI=1S/C33H44F2N2O6P2/c1-24(26-18-20-27(21-19-26)33(34,35)45(41,42)43-44(5,6)40)23-29(38)36-30(32(2,3)4)31(39)37-22-12-17-28(37)16-11-10-15-25-13-8-7-9-14-25/h7-9,11,13-14,16,18-21,23,28,30H,10,12,15,17,22H2,1-6H3,(H,36,38)(H,41,42)/b16-11+,24-23+/t28-,30-/m1/s1. The van der Waals surface area contributed by atoms with E-state index in [0.717, 1.165) is 51.1 Å². The third-order valence-electron chi connectivity index (χ3n) is 7.48. The topological polar surface area (TPSA) is 113 Å². The minimum atomic E-state index is -5.59. The third-order valence-corrected chi connectivity index (χ3v) is 10.9. The van der Waals surface area contributed by atoms with Crippen molar-refractivity contribution in [1.82, 2.24) is 10.2 Å². The van der Waals surface area contributed by atoms with E-state index in [1.165, 1.54) is 23.8 Å². The molecule has 1 unspecified atom stereocenters. The molecule has 2 amide bonds. The molecule has 1 aliphatic rings. The highest BCUT2D eigenvalue weighted by atomic mass is 31.3. The zero-order valence-corrected chi connectivity index (χ0v) is 28.5. The summed E-state index contributed by atoms with van der Waals surface area (Å²) in [6.07, 6.45) is 8.96. The number of benzene rings is 2. The number of nitrogens with one attached hydrogen (secondary N) is 1. The lowest BCUT2D eigenvalue weighted by Gasteiger charge is -2.35. The molecule has 246 valence electrons. The highest BCUT2D eigenvalue weighted by molar-refractivity contribution is 7.68. The highest BCUT2D eigenvalue weighted by Crippen LogP contribution is 2.69. The van der Waals surface area contributed by atoms with Crippen molar-refractivity contribution in [1.29, 1.82) is 0 Å². The van der Waals surface area contributed by atoms with Crippen molar-refractivity contribution in [2.45, 2.75) is 71.1 Å². The number of allylic oxidation sites excluding steroid dienone is 2. The molecule has 45 heavy (non-hydrogen) atoms. The Kier molecular flexibility index (Phi) is 11.9. The number of carbonyl (C=O) groups is 2. The first-order valence-electron chi connectivity index (χ1n) is 14.9. The third kappa shape index (κ3) is 10.0. The van der Waals surface area contributed by atoms with Crippen LogP contribution in [0.4, 0.5) is 8.78 Å². The molecule has 1 saturated heterocycles. The lowest BCUT2D eigenvalue weighted by atomic mass is 9.85. The summed E-state index contributed by atoms with van der Waals surface area (Å²) < 4.78 is 57.9. The summed E-state index contributed by atoms with van der Waals surface area (Å²) in [6.45, 7) is 9.80. The zero-order valence-electron chi connectivity index (χ0n) is 26.7. The molecule has 3 rings (SSSR count). The first-order chi connectivity index (χ1) is 20.8. The molecule has 1 aliphatic heterocycles. The Bertz CT molecular complexity index is 1500. The molecule has 2 aromatic rings. The van der Waals surface area contributed by atoms with Crippen molar-refractivity contribution in [3.05, 3.63) is 89.5 Å². The van der Waals surface area contributed by atoms with Crippen LogP contribution in [0.25, 0.3) is 5.57 Å². The van der Waals surface area contributed by atoms with Crippen molar-refractivity contribution in [2.75, 3.05) is 19.9 Å². The van der Waals surface area contributed by atoms with Gasteiger partial charge in [0.1, 0.15) is 6.04 Å². The Labute approximate surface area is 264 Å². The lowest BCUT2D eigenvalue weighted by molar-refractivity contribution is -0.138. The van der Waals surface area contributed by atoms with E-state index in [9.17, 15) is 32.4 Å². The van der Waals surface area contributed by atoms with Gasteiger partial charge in [-0.3, -0.25) is 18.7 Å². The van der Waals surface area contributed by atoms with Crippen LogP contribution in [0, 0.1) is 5.41 Å². The fourth-order valence-corrected chi connectivity index (χ4v) is 8.12. The molecule has 3 atom stereocenters. The predicted octanol–water partition coefficient (Wildman–Crippen LogP) is 7.59. The molecule has 1 heterocycles. The van der Waals surface area contributed by atoms with Crippen molar-refractivity contribution < 1.29 is 36.7 Å². The van der Waals surface area contributed by atoms with Crippen LogP contribution in [-0.2, 0) is 35.1 Å². The summed E-state index contributed by atoms with van der Waals surface area (Å²) >= 11 is 0. The molecule has 0 aromatic heterocycles. The summed E-state index contributed by atoms with van der Waals surface area (Å²) in [7, 11) is -9.27. The van der Waals surface area contributed by atoms with Crippen LogP contribution in [0.5, 0.6) is 0 Å². The van der Waals surface area contributed by atoms with Gasteiger partial charge in [0.2, 0.25) is 19.2 Å². The first-order valence-corrected chi connectivity index (χ1v) is 19.0. The molecule has 12 heteroatoms. The summed E-state index contributed by atoms with van der Waals surface area (Å²) in [4.78, 5) is 38.5. The van der Waals surface area contributed by atoms with Crippen molar-refractivity contribution >= 4 is 32.4 Å². The SMILES string of the molecule is C/C(=C\C(=O)N[C@H](C(=O)N1CCC[C@H]1/C=C/CCc1ccccc1)C(C)(C)C)c1ccc(C(F)(F)P(=O)(O)OP(C)(C)=O)cc1. The summed E-state index contributed by atoms with van der Waals surface area (Å²) in [6, 6.07) is 13.8. The molecule has 2 N–H and O–H groups in total. The van der Waals surface area contributed by atoms with Crippen molar-refractivity contribution in [2.24, 2.45) is 5.41 Å². The Morgan fingerprint density at radius 2 is 1.71 bits per heavy atom. The van der Waals surface area contributed by atoms with Gasteiger partial charge in [-0.05, 0) is 54.7 Å². The second kappa shape index (κ2) is 14.7. The zero-order chi connectivity index (χ0) is 33.6. The number of hydrogen-bond donors (Lipinski definition) is 2. The van der Waals surface area contributed by atoms with Gasteiger partial charge in [0.05, 0.1) is 6.04 Å². The summed E-state index contributed by atoms with van der Waals surface area (Å²) in [5, 5.41) is 2.86. The molecule has 1 fully saturated rings. The maximum Gasteiger partial charge on any atom is 0.407 e. The molecule has 8 nitrogen and oxygen atoms in total. The van der Waals surface area contributed by atoms with Gasteiger partial charge in [0.15, 0.2) is 0 Å². The van der Waals surface area contributed by atoms with Crippen molar-refractivity contribution in [3.63, 3.8) is 0 Å². The normalized spacial score (nSPS) is 18.6. The van der Waals surface area contributed by atoms with Crippen LogP contribution in [-0.4, -0.2) is 53.6 Å². The summed E-state index contributed by atoms with van der Waals surface area (Å²) in [5.74, 6) is -0.678. The first kappa shape index (κ1) is 36.6. The van der Waals surface area contributed by atoms with Crippen LogP contribution in [0.15, 0.2) is 72.8 Å². The lowest BCUT2D eigenvalue weighted by Crippen LogP contribution is -2.55. The number of hydrogen-bond acceptors (Lipinski definition) is 5. The van der Waals surface area contributed by atoms with Gasteiger partial charge in [-0.1, -0.05) is 87.5 Å². The predicted molar refractivity (Wildman–Crippen MR) is 174 cm³/mol. The molecule has 0 aliphatic carbocycles. The Balaban J connectivity index is 1.69. The second-order valence-corrected chi connectivity index (χ2v) is 17.6. The largest absolute Gasteiger partial charge is 0.407 e. The number of carbonyl (C=O) groups excluding carboxylic acids is 2. The number of rotatable bonds is 12. The van der Waals surface area contributed by atoms with Gasteiger partial charge in [0, 0.05) is 31.5 Å². The van der Waals surface area contributed by atoms with Gasteiger partial charge < -0.3 is 15.1 Å². The number of likely N-dealkylation sites (tertiary alicyclic amines) is 1. The van der Waals surface area contributed by atoms with Gasteiger partial charge in [-0.15, -0.1) is 0 Å². The van der Waals surface area contributed by atoms with E-state index in [0.29, 0.717) is 17.7 Å². The van der Waals surface area contributed by atoms with Gasteiger partial charge >= 0.3 is 13.3 Å². The Morgan fingerprint density at radius 3 is 2.29 bits per heavy atom. The number of alkyl halides is 2. The van der Waals surface area contributed by atoms with Crippen LogP contribution >= 0.6 is 15.0 Å². The van der Waals surface area contributed by atoms with Crippen LogP contribution < -0.4 is 5.32 Å². The minimum Gasteiger partial charge on any atom is -0.340 e. The number of nitrogens with zero attached hydrogens (tertiary/aromatic N) is 1. The van der Waals surface area contributed by atoms with E-state index < -0.39 is 43.6 Å². The van der Waals surface area contributed by atoms with Crippen LogP contribution in [0.3, 0.4) is 0 Å². The van der Waals surface area contributed by atoms with Gasteiger partial charge in [-0.25, -0.2) is 4.31 Å². The molecular weight excluding hydrogens is 620 g/mol. The molecule has 0 spiro atoms. The van der Waals surface area contributed by atoms with E-state index >= 15 is 0 Å². The number of aryl methyl sites for hydroxylation is 1. The summed E-state index contributed by atoms with van der Waals surface area (Å²) in [5.41, 5.74) is -3.59. The average molecular weight is 665 g/mol. The van der Waals surface area contributed by atoms with Gasteiger partial charge in [0.25, 0.3) is 0 Å². The monoisotopic (exact) mass is 664 g/mol. The molecule has 0 bridgehead atoms. The van der Waals surface area contributed by atoms with E-state index in [4.69, 9.17) is 0 Å². The maximum atomic E-state index is 14.8. The second-order valence-electron chi connectivity index (χ2n) is 12.8. The maximum absolute atomic E-state index is 14.8. The van der Waals surface area contributed by atoms with E-state index in [-0.39, 0.29) is 11.9 Å². The smallest absolute Gasteiger partial charge is 0.340 e. The van der Waals surface area contributed by atoms with Gasteiger partial charge in [-0.2, -0.15) is 8.78 Å². The quantitative estimate of drug-likeness (QED) is 0.137. The average Bonchev–Trinajstić information content (AvgIpc) is 3.41. The molecule has 2 aromatic carbocycles. The Morgan fingerprint density at radius 1 is 1.09 bits per heavy atom. The highest BCUT2D eigenvalue weighted by Gasteiger charge is 2.54. The van der Waals surface area contributed by atoms with Crippen molar-refractivity contribution in [3.8, 4) is 0 Å². The molecular formula is C33H44F2N2O6P2. The van der Waals surface area contributed by atoms with E-state index in [1.54, 1.807) is 6.92 Å². The fourth-order valence-electron chi connectivity index (χ4n) is 5.11. The van der Waals surface area contributed by atoms with E-state index in [2.05, 4.69) is 33.9 Å². The molecule has 0 radical (unpaired) electrons.